The van der Waals surface area contributed by atoms with E-state index in [2.05, 4.69) is 43.1 Å². The molecule has 2 aliphatic heterocycles. The topological polar surface area (TPSA) is 149 Å². The minimum absolute atomic E-state index is 0.0889. The van der Waals surface area contributed by atoms with Crippen molar-refractivity contribution in [1.82, 2.24) is 25.9 Å². The Labute approximate surface area is 232 Å². The number of ether oxygens (including phenoxy) is 1. The Kier molecular flexibility index (Phi) is 7.94. The number of amides is 3. The summed E-state index contributed by atoms with van der Waals surface area (Å²) in [5.74, 6) is -0.127. The molecule has 3 amide bonds. The van der Waals surface area contributed by atoms with E-state index in [1.54, 1.807) is 30.5 Å². The summed E-state index contributed by atoms with van der Waals surface area (Å²) >= 11 is 0. The molecule has 4 heterocycles. The number of aromatic amines is 1. The summed E-state index contributed by atoms with van der Waals surface area (Å²) in [6.45, 7) is 6.85. The highest BCUT2D eigenvalue weighted by Gasteiger charge is 2.42. The number of fused-ring (bicyclic) bond motifs is 2. The van der Waals surface area contributed by atoms with Gasteiger partial charge in [-0.25, -0.2) is 4.98 Å². The van der Waals surface area contributed by atoms with Crippen LogP contribution in [0.3, 0.4) is 0 Å². The third-order valence-electron chi connectivity index (χ3n) is 7.26. The summed E-state index contributed by atoms with van der Waals surface area (Å²) in [6.07, 6.45) is 4.78. The second-order valence-electron chi connectivity index (χ2n) is 9.96. The van der Waals surface area contributed by atoms with Gasteiger partial charge >= 0.3 is 0 Å². The number of hydrogen-bond acceptors (Lipinski definition) is 7. The number of rotatable bonds is 9. The summed E-state index contributed by atoms with van der Waals surface area (Å²) in [4.78, 5) is 45.6. The van der Waals surface area contributed by atoms with Gasteiger partial charge in [0.05, 0.1) is 11.3 Å². The summed E-state index contributed by atoms with van der Waals surface area (Å²) in [5.41, 5.74) is 3.68. The molecule has 11 heteroatoms. The van der Waals surface area contributed by atoms with Crippen molar-refractivity contribution in [1.29, 1.82) is 0 Å². The number of nitrogens with one attached hydrogen (secondary N) is 6. The van der Waals surface area contributed by atoms with E-state index in [1.165, 1.54) is 0 Å². The smallest absolute Gasteiger partial charge is 0.256 e. The summed E-state index contributed by atoms with van der Waals surface area (Å²) < 4.78 is 5.73. The van der Waals surface area contributed by atoms with Gasteiger partial charge in [-0.1, -0.05) is 6.58 Å². The molecule has 1 saturated heterocycles. The first kappa shape index (κ1) is 27.1. The molecule has 0 aliphatic carbocycles. The van der Waals surface area contributed by atoms with E-state index in [1.807, 2.05) is 19.2 Å². The molecule has 11 nitrogen and oxygen atoms in total. The number of likely N-dealkylation sites (N-methyl/N-ethyl adjacent to an activating group) is 1. The Hall–Kier alpha value is -4.48. The van der Waals surface area contributed by atoms with Crippen molar-refractivity contribution in [3.8, 4) is 17.0 Å². The number of hydrogen-bond donors (Lipinski definition) is 6. The van der Waals surface area contributed by atoms with E-state index in [4.69, 9.17) is 4.74 Å². The van der Waals surface area contributed by atoms with Crippen molar-refractivity contribution in [2.45, 2.75) is 18.3 Å². The average Bonchev–Trinajstić information content (AvgIpc) is 3.44. The molecule has 2 aliphatic rings. The van der Waals surface area contributed by atoms with Gasteiger partial charge in [0.1, 0.15) is 18.2 Å². The normalized spacial score (nSPS) is 18.0. The Balaban J connectivity index is 1.37. The highest BCUT2D eigenvalue weighted by atomic mass is 16.5. The lowest BCUT2D eigenvalue weighted by atomic mass is 9.74. The van der Waals surface area contributed by atoms with Gasteiger partial charge in [0, 0.05) is 53.8 Å². The van der Waals surface area contributed by atoms with Crippen LogP contribution in [0.5, 0.6) is 5.75 Å². The van der Waals surface area contributed by atoms with Gasteiger partial charge in [-0.05, 0) is 68.9 Å². The van der Waals surface area contributed by atoms with Gasteiger partial charge in [-0.2, -0.15) is 0 Å². The fourth-order valence-corrected chi connectivity index (χ4v) is 5.17. The van der Waals surface area contributed by atoms with Crippen molar-refractivity contribution >= 4 is 29.2 Å². The summed E-state index contributed by atoms with van der Waals surface area (Å²) in [6, 6.07) is 10.3. The predicted octanol–water partition coefficient (Wildman–Crippen LogP) is 2.42. The molecule has 1 spiro atoms. The minimum atomic E-state index is -0.418. The summed E-state index contributed by atoms with van der Waals surface area (Å²) in [7, 11) is 1.81. The van der Waals surface area contributed by atoms with E-state index < -0.39 is 11.8 Å². The third kappa shape index (κ3) is 5.61. The van der Waals surface area contributed by atoms with E-state index in [0.717, 1.165) is 49.0 Å². The molecule has 208 valence electrons. The zero-order chi connectivity index (χ0) is 28.1. The predicted molar refractivity (Wildman–Crippen MR) is 153 cm³/mol. The van der Waals surface area contributed by atoms with Gasteiger partial charge in [0.25, 0.3) is 11.8 Å². The first-order chi connectivity index (χ1) is 19.4. The van der Waals surface area contributed by atoms with Crippen LogP contribution >= 0.6 is 0 Å². The third-order valence-corrected chi connectivity index (χ3v) is 7.26. The Morgan fingerprint density at radius 2 is 2.05 bits per heavy atom. The molecule has 40 heavy (non-hydrogen) atoms. The number of pyridine rings is 1. The molecule has 1 aromatic carbocycles. The zero-order valence-corrected chi connectivity index (χ0v) is 22.4. The maximum absolute atomic E-state index is 13.1. The van der Waals surface area contributed by atoms with Crippen LogP contribution in [0.25, 0.3) is 11.3 Å². The van der Waals surface area contributed by atoms with Crippen LogP contribution in [0.1, 0.15) is 39.3 Å². The van der Waals surface area contributed by atoms with Crippen molar-refractivity contribution in [2.75, 3.05) is 50.5 Å². The molecular weight excluding hydrogens is 510 g/mol. The van der Waals surface area contributed by atoms with Crippen LogP contribution in [-0.4, -0.2) is 67.5 Å². The second-order valence-corrected chi connectivity index (χ2v) is 9.96. The molecule has 0 saturated carbocycles. The lowest BCUT2D eigenvalue weighted by molar-refractivity contribution is -0.111. The average molecular weight is 544 g/mol. The van der Waals surface area contributed by atoms with Crippen LogP contribution in [0, 0.1) is 0 Å². The lowest BCUT2D eigenvalue weighted by Crippen LogP contribution is -2.54. The number of anilines is 2. The molecular formula is C29H33N7O4. The van der Waals surface area contributed by atoms with Gasteiger partial charge in [0.15, 0.2) is 0 Å². The van der Waals surface area contributed by atoms with E-state index in [9.17, 15) is 14.4 Å². The number of piperidine rings is 1. The van der Waals surface area contributed by atoms with Crippen LogP contribution in [-0.2, 0) is 10.2 Å². The quantitative estimate of drug-likeness (QED) is 0.179. The number of benzene rings is 1. The van der Waals surface area contributed by atoms with Crippen molar-refractivity contribution in [2.24, 2.45) is 0 Å². The highest BCUT2D eigenvalue weighted by molar-refractivity contribution is 6.06. The number of nitrogens with zero attached hydrogens (tertiary/aromatic N) is 1. The van der Waals surface area contributed by atoms with Gasteiger partial charge < -0.3 is 36.3 Å². The van der Waals surface area contributed by atoms with E-state index >= 15 is 0 Å². The van der Waals surface area contributed by atoms with Crippen molar-refractivity contribution in [3.05, 3.63) is 72.1 Å². The largest absolute Gasteiger partial charge is 0.490 e. The molecule has 3 aromatic rings. The molecule has 1 unspecified atom stereocenters. The Bertz CT molecular complexity index is 1440. The van der Waals surface area contributed by atoms with Crippen molar-refractivity contribution < 1.29 is 19.1 Å². The number of H-pyrrole nitrogens is 1. The first-order valence-electron chi connectivity index (χ1n) is 13.3. The second kappa shape index (κ2) is 11.7. The van der Waals surface area contributed by atoms with Gasteiger partial charge in [-0.15, -0.1) is 0 Å². The number of carbonyl (C=O) groups is 3. The standard InChI is InChI=1S/C29H33N7O4/c1-3-25(37)34-22-13-19(5-6-23(22)40-12-11-30-2)27(38)36-24-14-18(7-10-32-24)21-15-20-26(35-21)29(17-33-28(20)39)8-4-9-31-16-29/h3,5-7,10,13-15,30-31,35H,1,4,8-9,11-12,16-17H2,2H3,(H,33,39)(H,34,37)(H,32,36,38). The molecule has 0 radical (unpaired) electrons. The number of carbonyl (C=O) groups excluding carboxylic acids is 3. The molecule has 0 bridgehead atoms. The van der Waals surface area contributed by atoms with Crippen LogP contribution < -0.4 is 31.3 Å². The molecule has 1 fully saturated rings. The van der Waals surface area contributed by atoms with E-state index in [-0.39, 0.29) is 11.3 Å². The Morgan fingerprint density at radius 3 is 2.83 bits per heavy atom. The molecule has 1 atom stereocenters. The van der Waals surface area contributed by atoms with Crippen LogP contribution in [0.2, 0.25) is 0 Å². The summed E-state index contributed by atoms with van der Waals surface area (Å²) in [5, 5.41) is 15.0. The Morgan fingerprint density at radius 1 is 1.18 bits per heavy atom. The highest BCUT2D eigenvalue weighted by Crippen LogP contribution is 2.37. The van der Waals surface area contributed by atoms with Gasteiger partial charge in [0.2, 0.25) is 5.91 Å². The molecule has 2 aromatic heterocycles. The van der Waals surface area contributed by atoms with Gasteiger partial charge in [-0.3, -0.25) is 14.4 Å². The monoisotopic (exact) mass is 543 g/mol. The van der Waals surface area contributed by atoms with Crippen LogP contribution in [0.15, 0.2) is 55.3 Å². The minimum Gasteiger partial charge on any atom is -0.490 e. The number of aromatic nitrogens is 2. The maximum Gasteiger partial charge on any atom is 0.256 e. The molecule has 6 N–H and O–H groups in total. The molecule has 5 rings (SSSR count). The lowest BCUT2D eigenvalue weighted by Gasteiger charge is -2.40. The van der Waals surface area contributed by atoms with Crippen molar-refractivity contribution in [3.63, 3.8) is 0 Å². The first-order valence-corrected chi connectivity index (χ1v) is 13.3. The maximum atomic E-state index is 13.1. The van der Waals surface area contributed by atoms with Crippen LogP contribution in [0.4, 0.5) is 11.5 Å². The zero-order valence-electron chi connectivity index (χ0n) is 22.4. The van der Waals surface area contributed by atoms with E-state index in [0.29, 0.717) is 48.1 Å². The fourth-order valence-electron chi connectivity index (χ4n) is 5.17. The SMILES string of the molecule is C=CC(=O)Nc1cc(C(=O)Nc2cc(-c3cc4c([nH]3)C3(CCCNC3)CNC4=O)ccn2)ccc1OCCNC. The fraction of sp³-hybridized carbons (Fsp3) is 0.310.